The predicted octanol–water partition coefficient (Wildman–Crippen LogP) is 2.81. The molecule has 6 nitrogen and oxygen atoms in total. The lowest BCUT2D eigenvalue weighted by Crippen LogP contribution is -2.27. The number of carbonyl (C=O) groups is 2. The highest BCUT2D eigenvalue weighted by atomic mass is 35.5. The summed E-state index contributed by atoms with van der Waals surface area (Å²) in [4.78, 5) is 28.9. The van der Waals surface area contributed by atoms with Crippen LogP contribution in [0.25, 0.3) is 10.8 Å². The normalized spacial score (nSPS) is 10.4. The molecule has 0 atom stereocenters. The van der Waals surface area contributed by atoms with Crippen molar-refractivity contribution < 1.29 is 19.1 Å². The summed E-state index contributed by atoms with van der Waals surface area (Å²) in [6.07, 6.45) is 1.68. The number of nitrogens with zero attached hydrogens (tertiary/aromatic N) is 2. The monoisotopic (exact) mass is 336 g/mol. The summed E-state index contributed by atoms with van der Waals surface area (Å²) in [6, 6.07) is 5.36. The summed E-state index contributed by atoms with van der Waals surface area (Å²) in [5.74, 6) is -0.119. The average Bonchev–Trinajstić information content (AvgIpc) is 2.57. The van der Waals surface area contributed by atoms with Gasteiger partial charge in [-0.25, -0.2) is 4.98 Å². The van der Waals surface area contributed by atoms with Crippen LogP contribution in [0, 0.1) is 0 Å². The molecule has 0 fully saturated rings. The zero-order chi connectivity index (χ0) is 17.0. The molecule has 1 heterocycles. The number of amides is 1. The molecule has 0 unspecified atom stereocenters. The summed E-state index contributed by atoms with van der Waals surface area (Å²) < 4.78 is 9.91. The molecular formula is C16H17ClN2O4. The maximum atomic E-state index is 12.3. The fourth-order valence-electron chi connectivity index (χ4n) is 2.19. The van der Waals surface area contributed by atoms with Gasteiger partial charge < -0.3 is 14.4 Å². The quantitative estimate of drug-likeness (QED) is 0.620. The highest BCUT2D eigenvalue weighted by molar-refractivity contribution is 6.34. The molecule has 0 aliphatic carbocycles. The van der Waals surface area contributed by atoms with Crippen LogP contribution in [-0.2, 0) is 14.3 Å². The number of halogens is 1. The SMILES string of the molecule is COC(=O)CCC(=O)N(C)c1cc2c(Cl)nccc2cc1OC. The Kier molecular flexibility index (Phi) is 5.39. The highest BCUT2D eigenvalue weighted by Crippen LogP contribution is 2.35. The Hall–Kier alpha value is -2.34. The molecule has 0 spiro atoms. The first kappa shape index (κ1) is 17.0. The van der Waals surface area contributed by atoms with Crippen LogP contribution in [0.3, 0.4) is 0 Å². The van der Waals surface area contributed by atoms with Crippen molar-refractivity contribution in [3.8, 4) is 5.75 Å². The van der Waals surface area contributed by atoms with Crippen molar-refractivity contribution in [2.24, 2.45) is 0 Å². The Morgan fingerprint density at radius 2 is 2.00 bits per heavy atom. The van der Waals surface area contributed by atoms with Crippen molar-refractivity contribution in [2.75, 3.05) is 26.2 Å². The van der Waals surface area contributed by atoms with Crippen LogP contribution in [0.2, 0.25) is 5.15 Å². The summed E-state index contributed by atoms with van der Waals surface area (Å²) >= 11 is 6.11. The third-order valence-corrected chi connectivity index (χ3v) is 3.82. The molecule has 0 N–H and O–H groups in total. The van der Waals surface area contributed by atoms with E-state index in [0.717, 1.165) is 10.8 Å². The molecule has 0 saturated carbocycles. The molecule has 1 aromatic carbocycles. The second-order valence-electron chi connectivity index (χ2n) is 4.88. The van der Waals surface area contributed by atoms with E-state index in [-0.39, 0.29) is 18.7 Å². The zero-order valence-electron chi connectivity index (χ0n) is 13.1. The number of esters is 1. The molecule has 122 valence electrons. The smallest absolute Gasteiger partial charge is 0.306 e. The highest BCUT2D eigenvalue weighted by Gasteiger charge is 2.18. The topological polar surface area (TPSA) is 68.7 Å². The van der Waals surface area contributed by atoms with Crippen molar-refractivity contribution in [1.29, 1.82) is 0 Å². The number of benzene rings is 1. The van der Waals surface area contributed by atoms with Crippen LogP contribution in [0.1, 0.15) is 12.8 Å². The number of aromatic nitrogens is 1. The van der Waals surface area contributed by atoms with E-state index in [1.807, 2.05) is 6.07 Å². The van der Waals surface area contributed by atoms with Crippen molar-refractivity contribution >= 4 is 39.9 Å². The van der Waals surface area contributed by atoms with Gasteiger partial charge in [0.25, 0.3) is 0 Å². The summed E-state index contributed by atoms with van der Waals surface area (Å²) in [5.41, 5.74) is 0.560. The number of rotatable bonds is 5. The van der Waals surface area contributed by atoms with Crippen LogP contribution in [0.4, 0.5) is 5.69 Å². The van der Waals surface area contributed by atoms with Crippen molar-refractivity contribution in [1.82, 2.24) is 4.98 Å². The van der Waals surface area contributed by atoms with Gasteiger partial charge in [0.15, 0.2) is 0 Å². The lowest BCUT2D eigenvalue weighted by Gasteiger charge is -2.21. The zero-order valence-corrected chi connectivity index (χ0v) is 13.9. The Bertz CT molecular complexity index is 748. The number of anilines is 1. The summed E-state index contributed by atoms with van der Waals surface area (Å²) in [5, 5.41) is 1.93. The van der Waals surface area contributed by atoms with E-state index < -0.39 is 5.97 Å². The first-order chi connectivity index (χ1) is 11.0. The van der Waals surface area contributed by atoms with E-state index in [4.69, 9.17) is 16.3 Å². The van der Waals surface area contributed by atoms with E-state index >= 15 is 0 Å². The van der Waals surface area contributed by atoms with Crippen molar-refractivity contribution in [3.05, 3.63) is 29.5 Å². The van der Waals surface area contributed by atoms with Crippen LogP contribution in [0.15, 0.2) is 24.4 Å². The molecule has 0 aliphatic rings. The number of hydrogen-bond acceptors (Lipinski definition) is 5. The molecule has 23 heavy (non-hydrogen) atoms. The summed E-state index contributed by atoms with van der Waals surface area (Å²) in [7, 11) is 4.44. The number of pyridine rings is 1. The molecule has 0 radical (unpaired) electrons. The first-order valence-corrected chi connectivity index (χ1v) is 7.31. The van der Waals surface area contributed by atoms with Gasteiger partial charge >= 0.3 is 5.97 Å². The number of carbonyl (C=O) groups excluding carboxylic acids is 2. The molecule has 2 aromatic rings. The molecule has 2 rings (SSSR count). The standard InChI is InChI=1S/C16H17ClN2O4/c1-19(14(20)4-5-15(21)23-3)12-9-11-10(8-13(12)22-2)6-7-18-16(11)17/h6-9H,4-5H2,1-3H3. The molecule has 0 bridgehead atoms. The van der Waals surface area contributed by atoms with E-state index in [2.05, 4.69) is 9.72 Å². The lowest BCUT2D eigenvalue weighted by molar-refractivity contribution is -0.141. The van der Waals surface area contributed by atoms with Gasteiger partial charge in [0, 0.05) is 25.1 Å². The average molecular weight is 337 g/mol. The molecule has 1 aromatic heterocycles. The molecule has 1 amide bonds. The molecular weight excluding hydrogens is 320 g/mol. The third-order valence-electron chi connectivity index (χ3n) is 3.52. The second-order valence-corrected chi connectivity index (χ2v) is 5.23. The minimum atomic E-state index is -0.426. The van der Waals surface area contributed by atoms with Gasteiger partial charge in [-0.05, 0) is 23.6 Å². The third kappa shape index (κ3) is 3.71. The lowest BCUT2D eigenvalue weighted by atomic mass is 10.1. The Balaban J connectivity index is 2.35. The molecule has 0 saturated heterocycles. The fourth-order valence-corrected chi connectivity index (χ4v) is 2.41. The number of ether oxygens (including phenoxy) is 2. The number of hydrogen-bond donors (Lipinski definition) is 0. The fraction of sp³-hybridized carbons (Fsp3) is 0.312. The van der Waals surface area contributed by atoms with Gasteiger partial charge in [-0.3, -0.25) is 9.59 Å². The van der Waals surface area contributed by atoms with Gasteiger partial charge in [0.2, 0.25) is 5.91 Å². The largest absolute Gasteiger partial charge is 0.495 e. The van der Waals surface area contributed by atoms with E-state index in [1.54, 1.807) is 25.4 Å². The molecule has 0 aliphatic heterocycles. The number of methoxy groups -OCH3 is 2. The van der Waals surface area contributed by atoms with Gasteiger partial charge in [0.1, 0.15) is 10.9 Å². The van der Waals surface area contributed by atoms with E-state index in [0.29, 0.717) is 16.6 Å². The Morgan fingerprint density at radius 3 is 2.65 bits per heavy atom. The Morgan fingerprint density at radius 1 is 1.26 bits per heavy atom. The predicted molar refractivity (Wildman–Crippen MR) is 88.0 cm³/mol. The minimum absolute atomic E-state index is 0.0257. The maximum absolute atomic E-state index is 12.3. The number of fused-ring (bicyclic) bond motifs is 1. The van der Waals surface area contributed by atoms with Crippen molar-refractivity contribution in [2.45, 2.75) is 12.8 Å². The van der Waals surface area contributed by atoms with Crippen LogP contribution < -0.4 is 9.64 Å². The van der Waals surface area contributed by atoms with Gasteiger partial charge in [-0.2, -0.15) is 0 Å². The van der Waals surface area contributed by atoms with Gasteiger partial charge in [-0.15, -0.1) is 0 Å². The minimum Gasteiger partial charge on any atom is -0.495 e. The summed E-state index contributed by atoms with van der Waals surface area (Å²) in [6.45, 7) is 0. The Labute approximate surface area is 139 Å². The van der Waals surface area contributed by atoms with Gasteiger partial charge in [-0.1, -0.05) is 11.6 Å². The van der Waals surface area contributed by atoms with Crippen LogP contribution >= 0.6 is 11.6 Å². The maximum Gasteiger partial charge on any atom is 0.306 e. The van der Waals surface area contributed by atoms with Crippen LogP contribution in [-0.4, -0.2) is 38.1 Å². The van der Waals surface area contributed by atoms with E-state index in [9.17, 15) is 9.59 Å². The first-order valence-electron chi connectivity index (χ1n) is 6.93. The van der Waals surface area contributed by atoms with E-state index in [1.165, 1.54) is 19.1 Å². The second kappa shape index (κ2) is 7.28. The van der Waals surface area contributed by atoms with Crippen LogP contribution in [0.5, 0.6) is 5.75 Å². The van der Waals surface area contributed by atoms with Crippen molar-refractivity contribution in [3.63, 3.8) is 0 Å². The van der Waals surface area contributed by atoms with Gasteiger partial charge in [0.05, 0.1) is 26.3 Å². The molecule has 7 heteroatoms.